The number of methoxy groups -OCH3 is 1. The molecule has 0 unspecified atom stereocenters. The van der Waals surface area contributed by atoms with Crippen LogP contribution in [0, 0.1) is 5.41 Å². The molecule has 2 aromatic rings. The topological polar surface area (TPSA) is 78.8 Å². The van der Waals surface area contributed by atoms with Gasteiger partial charge in [0.2, 0.25) is 0 Å². The Balaban J connectivity index is 2.31. The van der Waals surface area contributed by atoms with Crippen LogP contribution in [0.3, 0.4) is 0 Å². The second kappa shape index (κ2) is 6.41. The zero-order valence-corrected chi connectivity index (χ0v) is 13.3. The molecule has 0 aliphatic heterocycles. The molecule has 1 heterocycles. The highest BCUT2D eigenvalue weighted by Crippen LogP contribution is 2.32. The molecule has 0 spiro atoms. The van der Waals surface area contributed by atoms with Crippen molar-refractivity contribution in [2.75, 3.05) is 19.5 Å². The third kappa shape index (κ3) is 3.71. The highest BCUT2D eigenvalue weighted by Gasteiger charge is 2.23. The molecule has 0 aliphatic rings. The molecule has 0 amide bonds. The van der Waals surface area contributed by atoms with E-state index in [0.717, 1.165) is 6.42 Å². The Morgan fingerprint density at radius 1 is 1.38 bits per heavy atom. The monoisotopic (exact) mass is 309 g/mol. The van der Waals surface area contributed by atoms with Crippen LogP contribution in [-0.2, 0) is 11.3 Å². The molecule has 0 saturated carbocycles. The number of nitrogen functional groups attached to an aromatic ring is 1. The van der Waals surface area contributed by atoms with E-state index in [4.69, 9.17) is 22.1 Å². The van der Waals surface area contributed by atoms with E-state index in [9.17, 15) is 0 Å². The van der Waals surface area contributed by atoms with Gasteiger partial charge in [0.05, 0.1) is 17.1 Å². The van der Waals surface area contributed by atoms with Gasteiger partial charge in [-0.3, -0.25) is 0 Å². The molecule has 0 bridgehead atoms. The van der Waals surface area contributed by atoms with Crippen LogP contribution in [0.25, 0.3) is 11.4 Å². The number of anilines is 1. The predicted octanol–water partition coefficient (Wildman–Crippen LogP) is 2.64. The largest absolute Gasteiger partial charge is 0.398 e. The fourth-order valence-electron chi connectivity index (χ4n) is 2.13. The van der Waals surface area contributed by atoms with Gasteiger partial charge in [-0.05, 0) is 34.4 Å². The second-order valence-electron chi connectivity index (χ2n) is 5.77. The first-order chi connectivity index (χ1) is 9.94. The van der Waals surface area contributed by atoms with Gasteiger partial charge < -0.3 is 10.5 Å². The molecule has 1 aromatic heterocycles. The van der Waals surface area contributed by atoms with Crippen molar-refractivity contribution in [3.8, 4) is 11.4 Å². The molecule has 0 saturated heterocycles. The van der Waals surface area contributed by atoms with Crippen molar-refractivity contribution in [1.82, 2.24) is 20.2 Å². The average molecular weight is 310 g/mol. The quantitative estimate of drug-likeness (QED) is 0.830. The standard InChI is InChI=1S/C14H20ClN5O/c1-14(2,7-8-21-3)9-20-13(17-18-19-20)12-10(15)5-4-6-11(12)16/h4-6H,7-9,16H2,1-3H3. The van der Waals surface area contributed by atoms with Gasteiger partial charge in [0.15, 0.2) is 5.82 Å². The van der Waals surface area contributed by atoms with E-state index in [1.54, 1.807) is 30.0 Å². The Labute approximate surface area is 129 Å². The third-order valence-corrected chi connectivity index (χ3v) is 3.68. The highest BCUT2D eigenvalue weighted by molar-refractivity contribution is 6.33. The van der Waals surface area contributed by atoms with Crippen molar-refractivity contribution < 1.29 is 4.74 Å². The molecule has 7 heteroatoms. The van der Waals surface area contributed by atoms with Crippen LogP contribution >= 0.6 is 11.6 Å². The van der Waals surface area contributed by atoms with E-state index < -0.39 is 0 Å². The lowest BCUT2D eigenvalue weighted by Crippen LogP contribution is -2.23. The Morgan fingerprint density at radius 2 is 2.14 bits per heavy atom. The summed E-state index contributed by atoms with van der Waals surface area (Å²) in [6.45, 7) is 5.64. The Kier molecular flexibility index (Phi) is 4.80. The van der Waals surface area contributed by atoms with Crippen LogP contribution < -0.4 is 5.73 Å². The fraction of sp³-hybridized carbons (Fsp3) is 0.500. The van der Waals surface area contributed by atoms with Gasteiger partial charge in [-0.15, -0.1) is 5.10 Å². The zero-order chi connectivity index (χ0) is 15.5. The van der Waals surface area contributed by atoms with Gasteiger partial charge >= 0.3 is 0 Å². The van der Waals surface area contributed by atoms with E-state index in [1.165, 1.54) is 0 Å². The van der Waals surface area contributed by atoms with Gasteiger partial charge in [-0.25, -0.2) is 4.68 Å². The van der Waals surface area contributed by atoms with Crippen molar-refractivity contribution >= 4 is 17.3 Å². The lowest BCUT2D eigenvalue weighted by Gasteiger charge is -2.24. The normalized spacial score (nSPS) is 11.8. The molecule has 0 atom stereocenters. The van der Waals surface area contributed by atoms with Crippen LogP contribution in [0.1, 0.15) is 20.3 Å². The number of hydrogen-bond acceptors (Lipinski definition) is 5. The van der Waals surface area contributed by atoms with Gasteiger partial charge in [0.25, 0.3) is 0 Å². The van der Waals surface area contributed by atoms with E-state index in [-0.39, 0.29) is 5.41 Å². The number of aromatic nitrogens is 4. The summed E-state index contributed by atoms with van der Waals surface area (Å²) in [5.41, 5.74) is 7.24. The molecule has 2 N–H and O–H groups in total. The molecule has 2 rings (SSSR count). The number of ether oxygens (including phenoxy) is 1. The Bertz CT molecular complexity index is 591. The van der Waals surface area contributed by atoms with Crippen LogP contribution in [0.2, 0.25) is 5.02 Å². The van der Waals surface area contributed by atoms with Crippen molar-refractivity contribution in [1.29, 1.82) is 0 Å². The van der Waals surface area contributed by atoms with Crippen molar-refractivity contribution in [2.45, 2.75) is 26.8 Å². The summed E-state index contributed by atoms with van der Waals surface area (Å²) in [5.74, 6) is 0.587. The Morgan fingerprint density at radius 3 is 2.81 bits per heavy atom. The summed E-state index contributed by atoms with van der Waals surface area (Å²) in [4.78, 5) is 0. The molecule has 0 radical (unpaired) electrons. The molecule has 1 aromatic carbocycles. The van der Waals surface area contributed by atoms with E-state index in [2.05, 4.69) is 29.4 Å². The molecule has 0 aliphatic carbocycles. The number of rotatable bonds is 6. The minimum atomic E-state index is -0.00381. The number of halogens is 1. The maximum Gasteiger partial charge on any atom is 0.185 e. The van der Waals surface area contributed by atoms with Crippen LogP contribution in [0.5, 0.6) is 0 Å². The van der Waals surface area contributed by atoms with Crippen molar-refractivity contribution in [3.05, 3.63) is 23.2 Å². The minimum absolute atomic E-state index is 0.00381. The smallest absolute Gasteiger partial charge is 0.185 e. The number of hydrogen-bond donors (Lipinski definition) is 1. The number of nitrogens with zero attached hydrogens (tertiary/aromatic N) is 4. The number of benzene rings is 1. The van der Waals surface area contributed by atoms with Gasteiger partial charge in [-0.1, -0.05) is 31.5 Å². The van der Waals surface area contributed by atoms with Gasteiger partial charge in [-0.2, -0.15) is 0 Å². The van der Waals surface area contributed by atoms with E-state index in [1.807, 2.05) is 0 Å². The average Bonchev–Trinajstić information content (AvgIpc) is 2.84. The predicted molar refractivity (Wildman–Crippen MR) is 82.9 cm³/mol. The summed E-state index contributed by atoms with van der Waals surface area (Å²) >= 11 is 6.24. The molecule has 0 fully saturated rings. The summed E-state index contributed by atoms with van der Waals surface area (Å²) in [7, 11) is 1.70. The first-order valence-corrected chi connectivity index (χ1v) is 7.12. The van der Waals surface area contributed by atoms with Crippen molar-refractivity contribution in [3.63, 3.8) is 0 Å². The van der Waals surface area contributed by atoms with E-state index >= 15 is 0 Å². The number of tetrazole rings is 1. The number of nitrogens with two attached hydrogens (primary N) is 1. The van der Waals surface area contributed by atoms with Crippen molar-refractivity contribution in [2.24, 2.45) is 5.41 Å². The first-order valence-electron chi connectivity index (χ1n) is 6.74. The van der Waals surface area contributed by atoms with Gasteiger partial charge in [0, 0.05) is 19.4 Å². The third-order valence-electron chi connectivity index (χ3n) is 3.36. The fourth-order valence-corrected chi connectivity index (χ4v) is 2.40. The lowest BCUT2D eigenvalue weighted by atomic mass is 9.89. The maximum absolute atomic E-state index is 6.24. The summed E-state index contributed by atoms with van der Waals surface area (Å²) in [5, 5.41) is 12.5. The Hall–Kier alpha value is -1.66. The molecule has 6 nitrogen and oxygen atoms in total. The van der Waals surface area contributed by atoms with E-state index in [0.29, 0.717) is 35.2 Å². The van der Waals surface area contributed by atoms with Crippen LogP contribution in [-0.4, -0.2) is 33.9 Å². The SMILES string of the molecule is COCCC(C)(C)Cn1nnnc1-c1c(N)cccc1Cl. The molecule has 21 heavy (non-hydrogen) atoms. The molecular formula is C14H20ClN5O. The second-order valence-corrected chi connectivity index (χ2v) is 6.18. The van der Waals surface area contributed by atoms with Crippen LogP contribution in [0.4, 0.5) is 5.69 Å². The zero-order valence-electron chi connectivity index (χ0n) is 12.5. The van der Waals surface area contributed by atoms with Crippen LogP contribution in [0.15, 0.2) is 18.2 Å². The lowest BCUT2D eigenvalue weighted by molar-refractivity contribution is 0.140. The highest BCUT2D eigenvalue weighted by atomic mass is 35.5. The molecule has 114 valence electrons. The summed E-state index contributed by atoms with van der Waals surface area (Å²) in [6, 6.07) is 5.37. The maximum atomic E-state index is 6.24. The minimum Gasteiger partial charge on any atom is -0.398 e. The van der Waals surface area contributed by atoms with Gasteiger partial charge in [0.1, 0.15) is 0 Å². The molecular weight excluding hydrogens is 290 g/mol. The summed E-state index contributed by atoms with van der Waals surface area (Å²) < 4.78 is 6.89. The first kappa shape index (κ1) is 15.7. The summed E-state index contributed by atoms with van der Waals surface area (Å²) in [6.07, 6.45) is 0.904.